The molecule has 1 nitrogen and oxygen atoms in total. The van der Waals surface area contributed by atoms with Gasteiger partial charge >= 0.3 is 0 Å². The summed E-state index contributed by atoms with van der Waals surface area (Å²) in [7, 11) is 0. The minimum atomic E-state index is 0.135. The molecule has 0 aromatic heterocycles. The summed E-state index contributed by atoms with van der Waals surface area (Å²) < 4.78 is 0. The monoisotopic (exact) mass is 182 g/mol. The van der Waals surface area contributed by atoms with Gasteiger partial charge in [0, 0.05) is 12.3 Å². The van der Waals surface area contributed by atoms with Crippen molar-refractivity contribution in [3.63, 3.8) is 0 Å². The Morgan fingerprint density at radius 3 is 2.30 bits per heavy atom. The number of carbonyl (C=O) groups excluding carboxylic acids is 1. The smallest absolute Gasteiger partial charge is 0.147 e. The molecule has 0 N–H and O–H groups in total. The van der Waals surface area contributed by atoms with Crippen molar-refractivity contribution in [3.05, 3.63) is 0 Å². The zero-order valence-electron chi connectivity index (χ0n) is 5.91. The van der Waals surface area contributed by atoms with Gasteiger partial charge in [0.05, 0.1) is 5.88 Å². The maximum Gasteiger partial charge on any atom is 0.147 e. The number of carbonyl (C=O) groups is 1. The first-order valence-corrected chi connectivity index (χ1v) is 4.51. The highest BCUT2D eigenvalue weighted by Gasteiger charge is 1.97. The highest BCUT2D eigenvalue weighted by atomic mass is 35.5. The quantitative estimate of drug-likeness (QED) is 0.456. The molecule has 0 aliphatic heterocycles. The standard InChI is InChI=1S/C7H12Cl2O/c8-5-3-1-2-4-7(10)6-9/h1-6H2. The Morgan fingerprint density at radius 2 is 1.80 bits per heavy atom. The van der Waals surface area contributed by atoms with Crippen molar-refractivity contribution in [2.24, 2.45) is 0 Å². The van der Waals surface area contributed by atoms with Crippen molar-refractivity contribution in [2.75, 3.05) is 11.8 Å². The summed E-state index contributed by atoms with van der Waals surface area (Å²) in [6, 6.07) is 0. The van der Waals surface area contributed by atoms with Crippen molar-refractivity contribution in [1.82, 2.24) is 0 Å². The maximum atomic E-state index is 10.6. The Balaban J connectivity index is 2.96. The molecule has 0 aromatic carbocycles. The predicted molar refractivity (Wildman–Crippen MR) is 44.9 cm³/mol. The van der Waals surface area contributed by atoms with Crippen LogP contribution < -0.4 is 0 Å². The van der Waals surface area contributed by atoms with Gasteiger partial charge in [-0.3, -0.25) is 4.79 Å². The van der Waals surface area contributed by atoms with Crippen molar-refractivity contribution in [3.8, 4) is 0 Å². The summed E-state index contributed by atoms with van der Waals surface area (Å²) in [6.07, 6.45) is 3.57. The average Bonchev–Trinajstić information content (AvgIpc) is 1.98. The van der Waals surface area contributed by atoms with Crippen LogP contribution in [-0.2, 0) is 4.79 Å². The van der Waals surface area contributed by atoms with Crippen LogP contribution in [0.1, 0.15) is 25.7 Å². The van der Waals surface area contributed by atoms with Crippen LogP contribution in [0.2, 0.25) is 0 Å². The van der Waals surface area contributed by atoms with Crippen LogP contribution in [0.5, 0.6) is 0 Å². The third kappa shape index (κ3) is 6.37. The highest BCUT2D eigenvalue weighted by molar-refractivity contribution is 6.27. The fourth-order valence-corrected chi connectivity index (χ4v) is 0.983. The van der Waals surface area contributed by atoms with E-state index in [1.807, 2.05) is 0 Å². The summed E-state index contributed by atoms with van der Waals surface area (Å²) in [4.78, 5) is 10.6. The van der Waals surface area contributed by atoms with E-state index in [0.717, 1.165) is 19.3 Å². The van der Waals surface area contributed by atoms with Crippen LogP contribution >= 0.6 is 23.2 Å². The molecule has 0 radical (unpaired) electrons. The van der Waals surface area contributed by atoms with Gasteiger partial charge in [0.25, 0.3) is 0 Å². The molecule has 0 bridgehead atoms. The van der Waals surface area contributed by atoms with E-state index in [1.165, 1.54) is 0 Å². The van der Waals surface area contributed by atoms with E-state index in [1.54, 1.807) is 0 Å². The van der Waals surface area contributed by atoms with E-state index in [2.05, 4.69) is 0 Å². The third-order valence-electron chi connectivity index (χ3n) is 1.24. The topological polar surface area (TPSA) is 17.1 Å². The third-order valence-corrected chi connectivity index (χ3v) is 1.80. The van der Waals surface area contributed by atoms with E-state index < -0.39 is 0 Å². The van der Waals surface area contributed by atoms with E-state index in [4.69, 9.17) is 23.2 Å². The molecule has 0 atom stereocenters. The van der Waals surface area contributed by atoms with Crippen LogP contribution in [-0.4, -0.2) is 17.5 Å². The molecule has 0 heterocycles. The van der Waals surface area contributed by atoms with Crippen LogP contribution in [0.15, 0.2) is 0 Å². The molecule has 0 fully saturated rings. The molecule has 0 saturated carbocycles. The molecule has 0 spiro atoms. The lowest BCUT2D eigenvalue weighted by Gasteiger charge is -1.94. The first kappa shape index (κ1) is 10.2. The lowest BCUT2D eigenvalue weighted by Crippen LogP contribution is -1.98. The van der Waals surface area contributed by atoms with Gasteiger partial charge in [0.1, 0.15) is 5.78 Å². The molecule has 10 heavy (non-hydrogen) atoms. The summed E-state index contributed by atoms with van der Waals surface area (Å²) in [5.41, 5.74) is 0. The van der Waals surface area contributed by atoms with Gasteiger partial charge in [0.15, 0.2) is 0 Å². The molecule has 0 aromatic rings. The van der Waals surface area contributed by atoms with Crippen molar-refractivity contribution in [2.45, 2.75) is 25.7 Å². The second-order valence-corrected chi connectivity index (χ2v) is 2.82. The normalized spacial score (nSPS) is 9.80. The van der Waals surface area contributed by atoms with Gasteiger partial charge in [-0.15, -0.1) is 23.2 Å². The number of hydrogen-bond donors (Lipinski definition) is 0. The number of rotatable bonds is 6. The minimum Gasteiger partial charge on any atom is -0.298 e. The average molecular weight is 183 g/mol. The fraction of sp³-hybridized carbons (Fsp3) is 0.857. The van der Waals surface area contributed by atoms with Gasteiger partial charge in [-0.2, -0.15) is 0 Å². The van der Waals surface area contributed by atoms with E-state index in [-0.39, 0.29) is 11.7 Å². The Bertz CT molecular complexity index is 93.6. The first-order chi connectivity index (χ1) is 4.81. The maximum absolute atomic E-state index is 10.6. The number of unbranched alkanes of at least 4 members (excludes halogenated alkanes) is 2. The summed E-state index contributed by atoms with van der Waals surface area (Å²) in [5.74, 6) is 0.979. The number of hydrogen-bond acceptors (Lipinski definition) is 1. The van der Waals surface area contributed by atoms with E-state index >= 15 is 0 Å². The highest BCUT2D eigenvalue weighted by Crippen LogP contribution is 2.01. The number of ketones is 1. The van der Waals surface area contributed by atoms with Gasteiger partial charge in [-0.1, -0.05) is 6.42 Å². The SMILES string of the molecule is O=C(CCl)CCCCCCl. The summed E-state index contributed by atoms with van der Waals surface area (Å²) >= 11 is 10.7. The van der Waals surface area contributed by atoms with Gasteiger partial charge in [0.2, 0.25) is 0 Å². The second-order valence-electron chi connectivity index (χ2n) is 2.17. The van der Waals surface area contributed by atoms with Gasteiger partial charge in [-0.25, -0.2) is 0 Å². The molecular formula is C7H12Cl2O. The van der Waals surface area contributed by atoms with Crippen LogP contribution in [0.3, 0.4) is 0 Å². The predicted octanol–water partition coefficient (Wildman–Crippen LogP) is 2.59. The molecule has 0 amide bonds. The second kappa shape index (κ2) is 7.36. The molecule has 0 aliphatic rings. The molecule has 0 unspecified atom stereocenters. The fourth-order valence-electron chi connectivity index (χ4n) is 0.660. The van der Waals surface area contributed by atoms with Crippen LogP contribution in [0.4, 0.5) is 0 Å². The summed E-state index contributed by atoms with van der Waals surface area (Å²) in [5, 5.41) is 0. The minimum absolute atomic E-state index is 0.135. The Kier molecular flexibility index (Phi) is 7.54. The zero-order valence-corrected chi connectivity index (χ0v) is 7.42. The Morgan fingerprint density at radius 1 is 1.10 bits per heavy atom. The van der Waals surface area contributed by atoms with Crippen molar-refractivity contribution in [1.29, 1.82) is 0 Å². The van der Waals surface area contributed by atoms with Gasteiger partial charge in [-0.05, 0) is 12.8 Å². The molecule has 0 saturated heterocycles. The van der Waals surface area contributed by atoms with E-state index in [0.29, 0.717) is 12.3 Å². The van der Waals surface area contributed by atoms with Crippen molar-refractivity contribution >= 4 is 29.0 Å². The molecular weight excluding hydrogens is 171 g/mol. The molecule has 0 aliphatic carbocycles. The molecule has 3 heteroatoms. The van der Waals surface area contributed by atoms with Crippen LogP contribution in [0.25, 0.3) is 0 Å². The van der Waals surface area contributed by atoms with E-state index in [9.17, 15) is 4.79 Å². The lowest BCUT2D eigenvalue weighted by atomic mass is 10.1. The van der Waals surface area contributed by atoms with Crippen LogP contribution in [0, 0.1) is 0 Å². The summed E-state index contributed by atoms with van der Waals surface area (Å²) in [6.45, 7) is 0. The Hall–Kier alpha value is 0.250. The van der Waals surface area contributed by atoms with Gasteiger partial charge < -0.3 is 0 Å². The number of halogens is 2. The van der Waals surface area contributed by atoms with Crippen molar-refractivity contribution < 1.29 is 4.79 Å². The first-order valence-electron chi connectivity index (χ1n) is 3.45. The molecule has 60 valence electrons. The Labute approximate surface area is 71.7 Å². The zero-order chi connectivity index (χ0) is 7.82. The number of alkyl halides is 2. The lowest BCUT2D eigenvalue weighted by molar-refractivity contribution is -0.116. The largest absolute Gasteiger partial charge is 0.298 e. The molecule has 0 rings (SSSR count). The number of Topliss-reactive ketones (excluding diaryl/α,β-unsaturated/α-hetero) is 1.